The van der Waals surface area contributed by atoms with Gasteiger partial charge in [0.25, 0.3) is 0 Å². The van der Waals surface area contributed by atoms with Crippen molar-refractivity contribution >= 4 is 12.1 Å². The van der Waals surface area contributed by atoms with Crippen LogP contribution in [0.15, 0.2) is 12.2 Å². The number of esters is 1. The van der Waals surface area contributed by atoms with Crippen LogP contribution in [0.3, 0.4) is 0 Å². The van der Waals surface area contributed by atoms with Crippen LogP contribution in [0.5, 0.6) is 0 Å². The zero-order chi connectivity index (χ0) is 13.3. The summed E-state index contributed by atoms with van der Waals surface area (Å²) < 4.78 is 9.69. The van der Waals surface area contributed by atoms with Crippen LogP contribution in [0.1, 0.15) is 40.5 Å². The van der Waals surface area contributed by atoms with Crippen molar-refractivity contribution in [2.45, 2.75) is 46.1 Å². The minimum atomic E-state index is -0.608. The highest BCUT2D eigenvalue weighted by atomic mass is 16.6. The number of hydrogen-bond acceptors (Lipinski definition) is 4. The van der Waals surface area contributed by atoms with E-state index in [-0.39, 0.29) is 6.73 Å². The van der Waals surface area contributed by atoms with Gasteiger partial charge in [-0.05, 0) is 27.2 Å². The summed E-state index contributed by atoms with van der Waals surface area (Å²) in [5.74, 6) is -0.477. The zero-order valence-corrected chi connectivity index (χ0v) is 10.9. The van der Waals surface area contributed by atoms with E-state index in [9.17, 15) is 9.59 Å². The Labute approximate surface area is 102 Å². The van der Waals surface area contributed by atoms with Gasteiger partial charge in [0.05, 0.1) is 0 Å². The number of ether oxygens (including phenoxy) is 2. The first-order valence-electron chi connectivity index (χ1n) is 5.65. The summed E-state index contributed by atoms with van der Waals surface area (Å²) in [5, 5.41) is 2.32. The first-order chi connectivity index (χ1) is 7.85. The van der Waals surface area contributed by atoms with E-state index in [0.29, 0.717) is 0 Å². The number of amides is 1. The lowest BCUT2D eigenvalue weighted by molar-refractivity contribution is -0.138. The Morgan fingerprint density at radius 3 is 2.47 bits per heavy atom. The van der Waals surface area contributed by atoms with Crippen molar-refractivity contribution in [2.24, 2.45) is 0 Å². The first kappa shape index (κ1) is 15.5. The molecule has 0 aromatic heterocycles. The number of allylic oxidation sites excluding steroid dienone is 1. The summed E-state index contributed by atoms with van der Waals surface area (Å²) >= 11 is 0. The Bertz CT molecular complexity index is 279. The maximum atomic E-state index is 11.2. The molecule has 0 atom stereocenters. The number of hydrogen-bond donors (Lipinski definition) is 1. The molecule has 0 spiro atoms. The molecule has 17 heavy (non-hydrogen) atoms. The Morgan fingerprint density at radius 2 is 1.94 bits per heavy atom. The molecule has 5 heteroatoms. The normalized spacial score (nSPS) is 11.3. The van der Waals surface area contributed by atoms with E-state index < -0.39 is 17.7 Å². The summed E-state index contributed by atoms with van der Waals surface area (Å²) in [5.41, 5.74) is -0.560. The molecule has 0 fully saturated rings. The lowest BCUT2D eigenvalue weighted by Gasteiger charge is -2.19. The third-order valence-electron chi connectivity index (χ3n) is 1.54. The van der Waals surface area contributed by atoms with Gasteiger partial charge >= 0.3 is 12.1 Å². The van der Waals surface area contributed by atoms with Crippen molar-refractivity contribution in [1.29, 1.82) is 0 Å². The van der Waals surface area contributed by atoms with Crippen LogP contribution >= 0.6 is 0 Å². The van der Waals surface area contributed by atoms with Gasteiger partial charge in [-0.1, -0.05) is 19.4 Å². The standard InChI is InChI=1S/C12H21NO4/c1-5-6-7-8-10(14)16-9-13-11(15)17-12(2,3)4/h7-8H,5-6,9H2,1-4H3,(H,13,15)/b8-7+. The number of carbonyl (C=O) groups excluding carboxylic acids is 2. The van der Waals surface area contributed by atoms with Gasteiger partial charge in [-0.15, -0.1) is 0 Å². The average molecular weight is 243 g/mol. The fraction of sp³-hybridized carbons (Fsp3) is 0.667. The van der Waals surface area contributed by atoms with Crippen molar-refractivity contribution in [3.63, 3.8) is 0 Å². The Kier molecular flexibility index (Phi) is 7.02. The first-order valence-corrected chi connectivity index (χ1v) is 5.65. The summed E-state index contributed by atoms with van der Waals surface area (Å²) in [6, 6.07) is 0. The zero-order valence-electron chi connectivity index (χ0n) is 10.9. The third-order valence-corrected chi connectivity index (χ3v) is 1.54. The second kappa shape index (κ2) is 7.70. The van der Waals surface area contributed by atoms with Crippen LogP contribution in [0.25, 0.3) is 0 Å². The molecule has 5 nitrogen and oxygen atoms in total. The highest BCUT2D eigenvalue weighted by Crippen LogP contribution is 2.06. The van der Waals surface area contributed by atoms with E-state index in [2.05, 4.69) is 5.32 Å². The van der Waals surface area contributed by atoms with Crippen molar-refractivity contribution in [3.05, 3.63) is 12.2 Å². The molecule has 0 radical (unpaired) electrons. The van der Waals surface area contributed by atoms with E-state index in [4.69, 9.17) is 9.47 Å². The van der Waals surface area contributed by atoms with E-state index >= 15 is 0 Å². The highest BCUT2D eigenvalue weighted by molar-refractivity contribution is 5.82. The number of rotatable bonds is 5. The molecule has 1 amide bonds. The second-order valence-electron chi connectivity index (χ2n) is 4.48. The van der Waals surface area contributed by atoms with Crippen LogP contribution in [0.2, 0.25) is 0 Å². The van der Waals surface area contributed by atoms with Gasteiger partial charge in [0.2, 0.25) is 0 Å². The van der Waals surface area contributed by atoms with Crippen LogP contribution < -0.4 is 5.32 Å². The summed E-state index contributed by atoms with van der Waals surface area (Å²) in [7, 11) is 0. The molecule has 0 rings (SSSR count). The maximum Gasteiger partial charge on any atom is 0.410 e. The SMILES string of the molecule is CCC/C=C/C(=O)OCNC(=O)OC(C)(C)C. The van der Waals surface area contributed by atoms with Crippen molar-refractivity contribution in [1.82, 2.24) is 5.32 Å². The molecule has 0 saturated heterocycles. The largest absolute Gasteiger partial charge is 0.444 e. The minimum absolute atomic E-state index is 0.190. The molecule has 0 aromatic carbocycles. The lowest BCUT2D eigenvalue weighted by Crippen LogP contribution is -2.34. The Morgan fingerprint density at radius 1 is 1.29 bits per heavy atom. The van der Waals surface area contributed by atoms with Gasteiger partial charge in [0.1, 0.15) is 5.60 Å². The van der Waals surface area contributed by atoms with Gasteiger partial charge in [0, 0.05) is 6.08 Å². The van der Waals surface area contributed by atoms with E-state index in [0.717, 1.165) is 12.8 Å². The van der Waals surface area contributed by atoms with Gasteiger partial charge in [-0.2, -0.15) is 0 Å². The monoisotopic (exact) mass is 243 g/mol. The summed E-state index contributed by atoms with van der Waals surface area (Å²) in [6.45, 7) is 7.09. The predicted molar refractivity (Wildman–Crippen MR) is 64.4 cm³/mol. The molecule has 0 saturated carbocycles. The van der Waals surface area contributed by atoms with E-state index in [1.807, 2.05) is 6.92 Å². The maximum absolute atomic E-state index is 11.2. The number of nitrogens with one attached hydrogen (secondary N) is 1. The molecule has 0 aliphatic rings. The van der Waals surface area contributed by atoms with Crippen molar-refractivity contribution in [2.75, 3.05) is 6.73 Å². The van der Waals surface area contributed by atoms with Crippen molar-refractivity contribution in [3.8, 4) is 0 Å². The smallest absolute Gasteiger partial charge is 0.410 e. The lowest BCUT2D eigenvalue weighted by atomic mass is 10.2. The second-order valence-corrected chi connectivity index (χ2v) is 4.48. The summed E-state index contributed by atoms with van der Waals surface area (Å²) in [4.78, 5) is 22.2. The Hall–Kier alpha value is -1.52. The third kappa shape index (κ3) is 10.8. The average Bonchev–Trinajstić information content (AvgIpc) is 2.15. The molecule has 0 bridgehead atoms. The van der Waals surface area contributed by atoms with Gasteiger partial charge in [-0.25, -0.2) is 9.59 Å². The van der Waals surface area contributed by atoms with Crippen molar-refractivity contribution < 1.29 is 19.1 Å². The van der Waals surface area contributed by atoms with Gasteiger partial charge < -0.3 is 9.47 Å². The van der Waals surface area contributed by atoms with Crippen LogP contribution in [0, 0.1) is 0 Å². The molecular formula is C12H21NO4. The summed E-state index contributed by atoms with van der Waals surface area (Å²) in [6.07, 6.45) is 4.27. The molecule has 1 N–H and O–H groups in total. The molecule has 0 heterocycles. The minimum Gasteiger partial charge on any atom is -0.444 e. The van der Waals surface area contributed by atoms with E-state index in [1.165, 1.54) is 6.08 Å². The van der Waals surface area contributed by atoms with Crippen LogP contribution in [0.4, 0.5) is 4.79 Å². The molecule has 0 aromatic rings. The predicted octanol–water partition coefficient (Wildman–Crippen LogP) is 2.37. The number of unbranched alkanes of at least 4 members (excludes halogenated alkanes) is 1. The number of carbonyl (C=O) groups is 2. The quantitative estimate of drug-likeness (QED) is 0.457. The van der Waals surface area contributed by atoms with Gasteiger partial charge in [0.15, 0.2) is 6.73 Å². The molecule has 0 aliphatic carbocycles. The molecule has 0 aliphatic heterocycles. The molecule has 98 valence electrons. The number of alkyl carbamates (subject to hydrolysis) is 1. The highest BCUT2D eigenvalue weighted by Gasteiger charge is 2.15. The molecular weight excluding hydrogens is 222 g/mol. The van der Waals surface area contributed by atoms with Crippen LogP contribution in [-0.2, 0) is 14.3 Å². The fourth-order valence-electron chi connectivity index (χ4n) is 0.875. The fourth-order valence-corrected chi connectivity index (χ4v) is 0.875. The molecule has 0 unspecified atom stereocenters. The van der Waals surface area contributed by atoms with Gasteiger partial charge in [-0.3, -0.25) is 5.32 Å². The van der Waals surface area contributed by atoms with Crippen LogP contribution in [-0.4, -0.2) is 24.4 Å². The topological polar surface area (TPSA) is 64.6 Å². The van der Waals surface area contributed by atoms with E-state index in [1.54, 1.807) is 26.8 Å². The Balaban J connectivity index is 3.70.